The van der Waals surface area contributed by atoms with Crippen LogP contribution in [0.5, 0.6) is 5.75 Å². The number of nitrogen functional groups attached to an aromatic ring is 1. The van der Waals surface area contributed by atoms with Crippen molar-refractivity contribution in [2.45, 2.75) is 0 Å². The number of anilines is 1. The molecule has 0 aliphatic rings. The van der Waals surface area contributed by atoms with Crippen LogP contribution in [0, 0.1) is 11.8 Å². The fraction of sp³-hybridized carbons (Fsp3) is 0.0588. The maximum Gasteiger partial charge on any atom is 0.149 e. The van der Waals surface area contributed by atoms with Crippen LogP contribution in [0.3, 0.4) is 0 Å². The van der Waals surface area contributed by atoms with Crippen LogP contribution >= 0.6 is 11.3 Å². The van der Waals surface area contributed by atoms with Crippen molar-refractivity contribution in [1.82, 2.24) is 15.0 Å². The molecule has 0 spiro atoms. The minimum atomic E-state index is 0.311. The first-order chi connectivity index (χ1) is 11.3. The standard InChI is InChI=1S/C17H12N4OS/c18-16-13-9-11(21-17(13)20-10-19-16)3-2-7-22-14-4-1-5-15-12(14)6-8-23-15/h1,4-6,8-10H,7H2,(H3,18,19,20,21). The van der Waals surface area contributed by atoms with Crippen LogP contribution in [0.2, 0.25) is 0 Å². The van der Waals surface area contributed by atoms with E-state index in [0.29, 0.717) is 18.1 Å². The molecule has 0 fully saturated rings. The van der Waals surface area contributed by atoms with Gasteiger partial charge in [0.2, 0.25) is 0 Å². The van der Waals surface area contributed by atoms with Crippen molar-refractivity contribution < 1.29 is 4.74 Å². The Labute approximate surface area is 136 Å². The summed E-state index contributed by atoms with van der Waals surface area (Å²) in [7, 11) is 0. The number of nitrogens with zero attached hydrogens (tertiary/aromatic N) is 2. The topological polar surface area (TPSA) is 76.8 Å². The summed E-state index contributed by atoms with van der Waals surface area (Å²) < 4.78 is 6.97. The molecule has 0 saturated carbocycles. The summed E-state index contributed by atoms with van der Waals surface area (Å²) >= 11 is 1.70. The summed E-state index contributed by atoms with van der Waals surface area (Å²) in [6.45, 7) is 0.311. The van der Waals surface area contributed by atoms with Gasteiger partial charge in [-0.25, -0.2) is 9.97 Å². The molecule has 0 aliphatic carbocycles. The summed E-state index contributed by atoms with van der Waals surface area (Å²) in [5, 5.41) is 3.95. The quantitative estimate of drug-likeness (QED) is 0.556. The monoisotopic (exact) mass is 320 g/mol. The number of benzene rings is 1. The second-order valence-corrected chi connectivity index (χ2v) is 5.83. The lowest BCUT2D eigenvalue weighted by Crippen LogP contribution is -1.94. The number of H-pyrrole nitrogens is 1. The van der Waals surface area contributed by atoms with E-state index in [1.165, 1.54) is 11.0 Å². The van der Waals surface area contributed by atoms with Crippen LogP contribution in [0.15, 0.2) is 42.0 Å². The van der Waals surface area contributed by atoms with Crippen LogP contribution < -0.4 is 10.5 Å². The number of ether oxygens (including phenoxy) is 1. The molecule has 1 aromatic carbocycles. The van der Waals surface area contributed by atoms with Gasteiger partial charge in [-0.05, 0) is 35.6 Å². The molecule has 3 aromatic heterocycles. The summed E-state index contributed by atoms with van der Waals surface area (Å²) in [6.07, 6.45) is 1.43. The number of rotatable bonds is 2. The molecule has 4 aromatic rings. The number of nitrogens with one attached hydrogen (secondary N) is 1. The van der Waals surface area contributed by atoms with Gasteiger partial charge < -0.3 is 15.5 Å². The fourth-order valence-corrected chi connectivity index (χ4v) is 3.17. The van der Waals surface area contributed by atoms with Gasteiger partial charge in [0.1, 0.15) is 30.1 Å². The highest BCUT2D eigenvalue weighted by Gasteiger charge is 2.04. The highest BCUT2D eigenvalue weighted by Crippen LogP contribution is 2.29. The van der Waals surface area contributed by atoms with Gasteiger partial charge >= 0.3 is 0 Å². The lowest BCUT2D eigenvalue weighted by atomic mass is 10.2. The van der Waals surface area contributed by atoms with Gasteiger partial charge in [-0.3, -0.25) is 0 Å². The third-order valence-electron chi connectivity index (χ3n) is 3.44. The maximum absolute atomic E-state index is 5.80. The van der Waals surface area contributed by atoms with Gasteiger partial charge in [-0.2, -0.15) is 0 Å². The van der Waals surface area contributed by atoms with Crippen molar-refractivity contribution >= 4 is 38.3 Å². The first-order valence-electron chi connectivity index (χ1n) is 6.98. The van der Waals surface area contributed by atoms with E-state index >= 15 is 0 Å². The van der Waals surface area contributed by atoms with Crippen molar-refractivity contribution in [3.8, 4) is 17.6 Å². The molecule has 3 heterocycles. The Morgan fingerprint density at radius 2 is 2.17 bits per heavy atom. The van der Waals surface area contributed by atoms with Crippen LogP contribution in [0.4, 0.5) is 5.82 Å². The molecule has 0 aliphatic heterocycles. The number of aromatic nitrogens is 3. The van der Waals surface area contributed by atoms with E-state index in [1.807, 2.05) is 18.2 Å². The smallest absolute Gasteiger partial charge is 0.149 e. The largest absolute Gasteiger partial charge is 0.480 e. The second-order valence-electron chi connectivity index (χ2n) is 4.88. The summed E-state index contributed by atoms with van der Waals surface area (Å²) in [5.74, 6) is 7.32. The molecule has 5 nitrogen and oxygen atoms in total. The molecule has 0 bridgehead atoms. The third kappa shape index (κ3) is 2.58. The zero-order chi connectivity index (χ0) is 15.6. The Morgan fingerprint density at radius 3 is 3.09 bits per heavy atom. The van der Waals surface area contributed by atoms with Gasteiger partial charge in [0.15, 0.2) is 0 Å². The number of hydrogen-bond donors (Lipinski definition) is 2. The van der Waals surface area contributed by atoms with Gasteiger partial charge in [0.05, 0.1) is 11.1 Å². The lowest BCUT2D eigenvalue weighted by molar-refractivity contribution is 0.375. The van der Waals surface area contributed by atoms with E-state index in [2.05, 4.69) is 44.3 Å². The first kappa shape index (κ1) is 13.6. The molecular weight excluding hydrogens is 308 g/mol. The predicted octanol–water partition coefficient (Wildman–Crippen LogP) is 3.19. The Hall–Kier alpha value is -3.04. The maximum atomic E-state index is 5.80. The second kappa shape index (κ2) is 5.63. The van der Waals surface area contributed by atoms with E-state index in [4.69, 9.17) is 10.5 Å². The van der Waals surface area contributed by atoms with Gasteiger partial charge in [-0.15, -0.1) is 11.3 Å². The molecular formula is C17H12N4OS. The minimum Gasteiger partial charge on any atom is -0.480 e. The molecule has 4 rings (SSSR count). The normalized spacial score (nSPS) is 10.6. The van der Waals surface area contributed by atoms with Crippen molar-refractivity contribution in [3.05, 3.63) is 47.7 Å². The van der Waals surface area contributed by atoms with Crippen molar-refractivity contribution in [2.24, 2.45) is 0 Å². The number of hydrogen-bond acceptors (Lipinski definition) is 5. The number of fused-ring (bicyclic) bond motifs is 2. The highest BCUT2D eigenvalue weighted by molar-refractivity contribution is 7.17. The van der Waals surface area contributed by atoms with E-state index in [0.717, 1.165) is 22.2 Å². The van der Waals surface area contributed by atoms with Crippen molar-refractivity contribution in [2.75, 3.05) is 12.3 Å². The Kier molecular flexibility index (Phi) is 3.33. The highest BCUT2D eigenvalue weighted by atomic mass is 32.1. The Bertz CT molecular complexity index is 1050. The summed E-state index contributed by atoms with van der Waals surface area (Å²) in [6, 6.07) is 9.92. The minimum absolute atomic E-state index is 0.311. The zero-order valence-corrected chi connectivity index (χ0v) is 12.9. The zero-order valence-electron chi connectivity index (χ0n) is 12.0. The predicted molar refractivity (Wildman–Crippen MR) is 92.5 cm³/mol. The molecule has 23 heavy (non-hydrogen) atoms. The Morgan fingerprint density at radius 1 is 1.22 bits per heavy atom. The molecule has 0 unspecified atom stereocenters. The molecule has 0 saturated heterocycles. The first-order valence-corrected chi connectivity index (χ1v) is 7.86. The van der Waals surface area contributed by atoms with E-state index in [-0.39, 0.29) is 0 Å². The Balaban J connectivity index is 1.52. The van der Waals surface area contributed by atoms with E-state index in [1.54, 1.807) is 11.3 Å². The molecule has 0 amide bonds. The summed E-state index contributed by atoms with van der Waals surface area (Å²) in [4.78, 5) is 11.2. The van der Waals surface area contributed by atoms with Crippen molar-refractivity contribution in [1.29, 1.82) is 0 Å². The van der Waals surface area contributed by atoms with Crippen molar-refractivity contribution in [3.63, 3.8) is 0 Å². The third-order valence-corrected chi connectivity index (χ3v) is 4.32. The molecule has 6 heteroatoms. The van der Waals surface area contributed by atoms with E-state index in [9.17, 15) is 0 Å². The average Bonchev–Trinajstić information content (AvgIpc) is 3.19. The van der Waals surface area contributed by atoms with E-state index < -0.39 is 0 Å². The number of nitrogens with two attached hydrogens (primary N) is 1. The molecule has 3 N–H and O–H groups in total. The van der Waals surface area contributed by atoms with Gasteiger partial charge in [-0.1, -0.05) is 12.0 Å². The van der Waals surface area contributed by atoms with Crippen LogP contribution in [-0.4, -0.2) is 21.6 Å². The average molecular weight is 320 g/mol. The fourth-order valence-electron chi connectivity index (χ4n) is 2.36. The SMILES string of the molecule is Nc1ncnc2[nH]c(C#CCOc3cccc4sccc34)cc12. The number of thiophene rings is 1. The molecule has 112 valence electrons. The molecule has 0 radical (unpaired) electrons. The van der Waals surface area contributed by atoms with Crippen LogP contribution in [0.25, 0.3) is 21.1 Å². The lowest BCUT2D eigenvalue weighted by Gasteiger charge is -2.02. The van der Waals surface area contributed by atoms with Gasteiger partial charge in [0.25, 0.3) is 0 Å². The summed E-state index contributed by atoms with van der Waals surface area (Å²) in [5.41, 5.74) is 7.23. The van der Waals surface area contributed by atoms with Gasteiger partial charge in [0, 0.05) is 10.1 Å². The van der Waals surface area contributed by atoms with Crippen LogP contribution in [0.1, 0.15) is 5.69 Å². The van der Waals surface area contributed by atoms with Crippen LogP contribution in [-0.2, 0) is 0 Å². The number of aromatic amines is 1. The molecule has 0 atom stereocenters.